The zero-order valence-corrected chi connectivity index (χ0v) is 10.8. The van der Waals surface area contributed by atoms with Gasteiger partial charge in [0.05, 0.1) is 6.04 Å². The highest BCUT2D eigenvalue weighted by atomic mass is 16.2. The molecule has 92 valence electrons. The van der Waals surface area contributed by atoms with Crippen LogP contribution in [0.25, 0.3) is 0 Å². The molecule has 1 rings (SSSR count). The van der Waals surface area contributed by atoms with E-state index in [9.17, 15) is 4.79 Å². The molecule has 0 radical (unpaired) electrons. The summed E-state index contributed by atoms with van der Waals surface area (Å²) in [5.74, 6) is 0.903. The summed E-state index contributed by atoms with van der Waals surface area (Å²) in [5.41, 5.74) is 0. The van der Waals surface area contributed by atoms with E-state index in [1.165, 1.54) is 6.42 Å². The first-order valence-electron chi connectivity index (χ1n) is 6.12. The quantitative estimate of drug-likeness (QED) is 0.679. The van der Waals surface area contributed by atoms with Crippen LogP contribution in [0.15, 0.2) is 12.7 Å². The highest BCUT2D eigenvalue weighted by molar-refractivity contribution is 5.82. The van der Waals surface area contributed by atoms with Crippen molar-refractivity contribution in [2.45, 2.75) is 32.2 Å². The molecule has 0 N–H and O–H groups in total. The normalized spacial score (nSPS) is 23.2. The highest BCUT2D eigenvalue weighted by Crippen LogP contribution is 2.17. The van der Waals surface area contributed by atoms with Gasteiger partial charge in [-0.1, -0.05) is 13.0 Å². The van der Waals surface area contributed by atoms with E-state index in [1.54, 1.807) is 0 Å². The predicted molar refractivity (Wildman–Crippen MR) is 67.3 cm³/mol. The number of amides is 1. The maximum atomic E-state index is 12.3. The van der Waals surface area contributed by atoms with Crippen LogP contribution in [0.3, 0.4) is 0 Å². The third-order valence-electron chi connectivity index (χ3n) is 3.27. The number of likely N-dealkylation sites (tertiary alicyclic amines) is 1. The molecule has 2 unspecified atom stereocenters. The van der Waals surface area contributed by atoms with Crippen molar-refractivity contribution in [1.29, 1.82) is 0 Å². The molecule has 0 aromatic rings. The van der Waals surface area contributed by atoms with Crippen LogP contribution in [0.2, 0.25) is 0 Å². The minimum Gasteiger partial charge on any atom is -0.341 e. The molecule has 0 aliphatic carbocycles. The van der Waals surface area contributed by atoms with Gasteiger partial charge in [-0.05, 0) is 39.3 Å². The Morgan fingerprint density at radius 3 is 2.81 bits per heavy atom. The minimum absolute atomic E-state index is 0.0391. The molecule has 0 aromatic heterocycles. The summed E-state index contributed by atoms with van der Waals surface area (Å²) >= 11 is 0. The predicted octanol–water partition coefficient (Wildman–Crippen LogP) is 1.75. The molecule has 1 amide bonds. The van der Waals surface area contributed by atoms with Crippen LogP contribution in [0.5, 0.6) is 0 Å². The number of piperidine rings is 1. The number of likely N-dealkylation sites (N-methyl/N-ethyl adjacent to an activating group) is 1. The summed E-state index contributed by atoms with van der Waals surface area (Å²) in [6.07, 6.45) is 4.95. The van der Waals surface area contributed by atoms with Crippen LogP contribution in [-0.2, 0) is 4.79 Å². The van der Waals surface area contributed by atoms with E-state index in [0.717, 1.165) is 25.9 Å². The molecule has 0 bridgehead atoms. The lowest BCUT2D eigenvalue weighted by molar-refractivity contribution is -0.137. The molecular weight excluding hydrogens is 200 g/mol. The lowest BCUT2D eigenvalue weighted by atomic mass is 9.99. The van der Waals surface area contributed by atoms with Crippen molar-refractivity contribution in [3.8, 4) is 0 Å². The fraction of sp³-hybridized carbons (Fsp3) is 0.769. The molecule has 3 nitrogen and oxygen atoms in total. The molecule has 0 aromatic carbocycles. The zero-order chi connectivity index (χ0) is 12.1. The Labute approximate surface area is 99.1 Å². The fourth-order valence-corrected chi connectivity index (χ4v) is 2.29. The van der Waals surface area contributed by atoms with Gasteiger partial charge >= 0.3 is 0 Å². The zero-order valence-electron chi connectivity index (χ0n) is 10.8. The fourth-order valence-electron chi connectivity index (χ4n) is 2.29. The van der Waals surface area contributed by atoms with Gasteiger partial charge in [-0.15, -0.1) is 6.58 Å². The smallest absolute Gasteiger partial charge is 0.240 e. The number of carbonyl (C=O) groups is 1. The van der Waals surface area contributed by atoms with Gasteiger partial charge in [0.15, 0.2) is 0 Å². The van der Waals surface area contributed by atoms with E-state index in [2.05, 4.69) is 13.5 Å². The van der Waals surface area contributed by atoms with Crippen molar-refractivity contribution in [2.75, 3.05) is 27.2 Å². The van der Waals surface area contributed by atoms with Gasteiger partial charge in [0, 0.05) is 13.1 Å². The molecule has 0 saturated carbocycles. The van der Waals surface area contributed by atoms with Crippen molar-refractivity contribution in [1.82, 2.24) is 9.80 Å². The van der Waals surface area contributed by atoms with E-state index in [4.69, 9.17) is 0 Å². The SMILES string of the molecule is C=CCC(C(=O)N1CCCC(C)C1)N(C)C. The molecule has 1 aliphatic rings. The number of nitrogens with zero attached hydrogens (tertiary/aromatic N) is 2. The molecule has 1 heterocycles. The van der Waals surface area contributed by atoms with Crippen molar-refractivity contribution >= 4 is 5.91 Å². The van der Waals surface area contributed by atoms with Crippen LogP contribution < -0.4 is 0 Å². The van der Waals surface area contributed by atoms with Crippen LogP contribution in [0, 0.1) is 5.92 Å². The monoisotopic (exact) mass is 224 g/mol. The van der Waals surface area contributed by atoms with Gasteiger partial charge in [-0.2, -0.15) is 0 Å². The Morgan fingerprint density at radius 1 is 1.62 bits per heavy atom. The molecule has 1 saturated heterocycles. The van der Waals surface area contributed by atoms with Crippen molar-refractivity contribution in [3.05, 3.63) is 12.7 Å². The number of rotatable bonds is 4. The Kier molecular flexibility index (Phi) is 5.00. The number of carbonyl (C=O) groups excluding carboxylic acids is 1. The topological polar surface area (TPSA) is 23.6 Å². The Balaban J connectivity index is 2.62. The van der Waals surface area contributed by atoms with Gasteiger partial charge in [0.25, 0.3) is 0 Å². The molecule has 2 atom stereocenters. The summed E-state index contributed by atoms with van der Waals surface area (Å²) in [6.45, 7) is 7.79. The number of hydrogen-bond donors (Lipinski definition) is 0. The summed E-state index contributed by atoms with van der Waals surface area (Å²) in [7, 11) is 3.92. The third-order valence-corrected chi connectivity index (χ3v) is 3.27. The maximum absolute atomic E-state index is 12.3. The van der Waals surface area contributed by atoms with Gasteiger partial charge < -0.3 is 4.90 Å². The highest BCUT2D eigenvalue weighted by Gasteiger charge is 2.27. The first-order chi connectivity index (χ1) is 7.56. The first kappa shape index (κ1) is 13.2. The molecule has 16 heavy (non-hydrogen) atoms. The average Bonchev–Trinajstić information content (AvgIpc) is 2.24. The van der Waals surface area contributed by atoms with E-state index < -0.39 is 0 Å². The van der Waals surface area contributed by atoms with Crippen LogP contribution >= 0.6 is 0 Å². The summed E-state index contributed by atoms with van der Waals surface area (Å²) in [4.78, 5) is 16.3. The molecule has 1 aliphatic heterocycles. The summed E-state index contributed by atoms with van der Waals surface area (Å²) in [6, 6.07) is -0.0391. The Hall–Kier alpha value is -0.830. The molecule has 0 spiro atoms. The van der Waals surface area contributed by atoms with E-state index >= 15 is 0 Å². The number of hydrogen-bond acceptors (Lipinski definition) is 2. The lowest BCUT2D eigenvalue weighted by Gasteiger charge is -2.35. The van der Waals surface area contributed by atoms with E-state index in [0.29, 0.717) is 5.92 Å². The van der Waals surface area contributed by atoms with Gasteiger partial charge in [0.1, 0.15) is 0 Å². The Morgan fingerprint density at radius 2 is 2.31 bits per heavy atom. The van der Waals surface area contributed by atoms with Crippen LogP contribution in [0.1, 0.15) is 26.2 Å². The standard InChI is InChI=1S/C13H24N2O/c1-5-7-12(14(3)4)13(16)15-9-6-8-11(2)10-15/h5,11-12H,1,6-10H2,2-4H3. The third kappa shape index (κ3) is 3.34. The van der Waals surface area contributed by atoms with Gasteiger partial charge in [0.2, 0.25) is 5.91 Å². The first-order valence-corrected chi connectivity index (χ1v) is 6.12. The largest absolute Gasteiger partial charge is 0.341 e. The van der Waals surface area contributed by atoms with E-state index in [-0.39, 0.29) is 11.9 Å². The van der Waals surface area contributed by atoms with Crippen molar-refractivity contribution < 1.29 is 4.79 Å². The van der Waals surface area contributed by atoms with Gasteiger partial charge in [-0.25, -0.2) is 0 Å². The molecular formula is C13H24N2O. The molecule has 1 fully saturated rings. The van der Waals surface area contributed by atoms with E-state index in [1.807, 2.05) is 30.0 Å². The average molecular weight is 224 g/mol. The minimum atomic E-state index is -0.0391. The lowest BCUT2D eigenvalue weighted by Crippen LogP contribution is -2.49. The van der Waals surface area contributed by atoms with Crippen molar-refractivity contribution in [3.63, 3.8) is 0 Å². The maximum Gasteiger partial charge on any atom is 0.240 e. The summed E-state index contributed by atoms with van der Waals surface area (Å²) < 4.78 is 0. The van der Waals surface area contributed by atoms with Crippen LogP contribution in [0.4, 0.5) is 0 Å². The molecule has 3 heteroatoms. The second kappa shape index (κ2) is 6.04. The van der Waals surface area contributed by atoms with Crippen LogP contribution in [-0.4, -0.2) is 48.9 Å². The van der Waals surface area contributed by atoms with Gasteiger partial charge in [-0.3, -0.25) is 9.69 Å². The van der Waals surface area contributed by atoms with Crippen molar-refractivity contribution in [2.24, 2.45) is 5.92 Å². The second-order valence-electron chi connectivity index (χ2n) is 5.04. The Bertz CT molecular complexity index is 250. The summed E-state index contributed by atoms with van der Waals surface area (Å²) in [5, 5.41) is 0. The second-order valence-corrected chi connectivity index (χ2v) is 5.04.